The van der Waals surface area contributed by atoms with E-state index in [1.807, 2.05) is 19.1 Å². The average Bonchev–Trinajstić information content (AvgIpc) is 3.09. The second-order valence-electron chi connectivity index (χ2n) is 10.4. The minimum atomic E-state index is 0.640. The van der Waals surface area contributed by atoms with E-state index in [1.165, 1.54) is 42.4 Å². The van der Waals surface area contributed by atoms with E-state index in [9.17, 15) is 0 Å². The summed E-state index contributed by atoms with van der Waals surface area (Å²) in [5.74, 6) is 0.919. The summed E-state index contributed by atoms with van der Waals surface area (Å²) in [4.78, 5) is 6.28. The maximum atomic E-state index is 6.37. The highest BCUT2D eigenvalue weighted by Crippen LogP contribution is 2.51. The normalized spacial score (nSPS) is 18.1. The zero-order chi connectivity index (χ0) is 22.7. The number of hydrogen-bond acceptors (Lipinski definition) is 2. The van der Waals surface area contributed by atoms with E-state index in [-0.39, 0.29) is 0 Å². The molecule has 1 saturated carbocycles. The van der Waals surface area contributed by atoms with Gasteiger partial charge in [0.2, 0.25) is 0 Å². The molecule has 1 aromatic heterocycles. The molecule has 0 amide bonds. The van der Waals surface area contributed by atoms with Crippen LogP contribution in [-0.2, 0) is 6.42 Å². The molecule has 2 aliphatic rings. The number of halogens is 2. The average molecular weight is 478 g/mol. The Balaban J connectivity index is 1.32. The van der Waals surface area contributed by atoms with E-state index < -0.39 is 0 Å². The molecular formula is C28H29Cl2N3. The quantitative estimate of drug-likeness (QED) is 0.305. The van der Waals surface area contributed by atoms with Crippen LogP contribution in [0.4, 0.5) is 11.4 Å². The van der Waals surface area contributed by atoms with Crippen molar-refractivity contribution in [1.29, 1.82) is 0 Å². The van der Waals surface area contributed by atoms with Gasteiger partial charge in [-0.15, -0.1) is 0 Å². The first-order valence-corrected chi connectivity index (χ1v) is 12.6. The van der Waals surface area contributed by atoms with Crippen molar-refractivity contribution in [2.24, 2.45) is 11.3 Å². The molecular weight excluding hydrogens is 449 g/mol. The molecule has 1 spiro atoms. The van der Waals surface area contributed by atoms with Crippen LogP contribution >= 0.6 is 23.2 Å². The molecule has 5 heteroatoms. The molecule has 2 fully saturated rings. The standard InChI is InChI=1S/C28H29Cl2N3/c1-17-13-28(14-17)15-33(16-28)8-7-19-9-22(31-21-5-3-18(2)25(30)12-21)11-24-23-10-20(29)4-6-26(23)32-27(19)24/h3-6,9-12,17,31-32H,7-8,13-16H2,1-2H3. The lowest BCUT2D eigenvalue weighted by Crippen LogP contribution is -2.62. The number of aromatic amines is 1. The summed E-state index contributed by atoms with van der Waals surface area (Å²) >= 11 is 12.7. The van der Waals surface area contributed by atoms with Gasteiger partial charge in [-0.2, -0.15) is 0 Å². The van der Waals surface area contributed by atoms with Gasteiger partial charge in [-0.25, -0.2) is 0 Å². The van der Waals surface area contributed by atoms with Crippen LogP contribution in [0.3, 0.4) is 0 Å². The Labute approximate surface area is 205 Å². The molecule has 2 heterocycles. The molecule has 170 valence electrons. The fourth-order valence-electron chi connectivity index (χ4n) is 6.17. The lowest BCUT2D eigenvalue weighted by atomic mass is 9.58. The first-order chi connectivity index (χ1) is 15.9. The van der Waals surface area contributed by atoms with E-state index >= 15 is 0 Å². The Morgan fingerprint density at radius 1 is 1.00 bits per heavy atom. The van der Waals surface area contributed by atoms with Crippen molar-refractivity contribution in [3.63, 3.8) is 0 Å². The van der Waals surface area contributed by atoms with Gasteiger partial charge in [0.1, 0.15) is 0 Å². The second kappa shape index (κ2) is 7.94. The third-order valence-corrected chi connectivity index (χ3v) is 8.23. The minimum Gasteiger partial charge on any atom is -0.355 e. The lowest BCUT2D eigenvalue weighted by molar-refractivity contribution is -0.0881. The van der Waals surface area contributed by atoms with E-state index in [2.05, 4.69) is 58.5 Å². The Morgan fingerprint density at radius 3 is 2.58 bits per heavy atom. The molecule has 6 rings (SSSR count). The van der Waals surface area contributed by atoms with Crippen LogP contribution in [0.15, 0.2) is 48.5 Å². The fraction of sp³-hybridized carbons (Fsp3) is 0.357. The number of aryl methyl sites for hydroxylation is 1. The number of nitrogens with zero attached hydrogens (tertiary/aromatic N) is 1. The molecule has 1 saturated heterocycles. The number of rotatable bonds is 5. The molecule has 1 aliphatic carbocycles. The third-order valence-electron chi connectivity index (χ3n) is 7.59. The first kappa shape index (κ1) is 21.3. The number of aromatic nitrogens is 1. The highest BCUT2D eigenvalue weighted by atomic mass is 35.5. The van der Waals surface area contributed by atoms with Crippen molar-refractivity contribution in [2.75, 3.05) is 25.0 Å². The van der Waals surface area contributed by atoms with Crippen LogP contribution in [0.5, 0.6) is 0 Å². The largest absolute Gasteiger partial charge is 0.355 e. The molecule has 2 N–H and O–H groups in total. The van der Waals surface area contributed by atoms with Crippen LogP contribution in [0.1, 0.15) is 30.9 Å². The van der Waals surface area contributed by atoms with Gasteiger partial charge >= 0.3 is 0 Å². The number of anilines is 2. The molecule has 3 nitrogen and oxygen atoms in total. The zero-order valence-corrected chi connectivity index (χ0v) is 20.7. The van der Waals surface area contributed by atoms with Crippen LogP contribution in [0.25, 0.3) is 21.8 Å². The Hall–Kier alpha value is -2.20. The van der Waals surface area contributed by atoms with E-state index in [1.54, 1.807) is 0 Å². The molecule has 0 bridgehead atoms. The third kappa shape index (κ3) is 3.90. The Bertz CT molecular complexity index is 1360. The topological polar surface area (TPSA) is 31.1 Å². The highest BCUT2D eigenvalue weighted by Gasteiger charge is 2.50. The van der Waals surface area contributed by atoms with Gasteiger partial charge in [-0.3, -0.25) is 0 Å². The van der Waals surface area contributed by atoms with E-state index in [0.717, 1.165) is 56.8 Å². The summed E-state index contributed by atoms with van der Waals surface area (Å²) in [6, 6.07) is 16.7. The summed E-state index contributed by atoms with van der Waals surface area (Å²) in [5.41, 5.74) is 7.47. The van der Waals surface area contributed by atoms with Crippen molar-refractivity contribution < 1.29 is 0 Å². The molecule has 33 heavy (non-hydrogen) atoms. The number of nitrogens with one attached hydrogen (secondary N) is 2. The molecule has 3 aromatic carbocycles. The van der Waals surface area contributed by atoms with Crippen molar-refractivity contribution in [3.8, 4) is 0 Å². The van der Waals surface area contributed by atoms with E-state index in [4.69, 9.17) is 23.2 Å². The fourth-order valence-corrected chi connectivity index (χ4v) is 6.52. The van der Waals surface area contributed by atoms with Crippen LogP contribution in [-0.4, -0.2) is 29.5 Å². The Morgan fingerprint density at radius 2 is 1.82 bits per heavy atom. The van der Waals surface area contributed by atoms with E-state index in [0.29, 0.717) is 5.41 Å². The van der Waals surface area contributed by atoms with Crippen LogP contribution < -0.4 is 5.32 Å². The second-order valence-corrected chi connectivity index (χ2v) is 11.3. The summed E-state index contributed by atoms with van der Waals surface area (Å²) in [6.07, 6.45) is 3.84. The zero-order valence-electron chi connectivity index (χ0n) is 19.1. The highest BCUT2D eigenvalue weighted by molar-refractivity contribution is 6.32. The van der Waals surface area contributed by atoms with Gasteiger partial charge in [-0.1, -0.05) is 36.2 Å². The number of fused-ring (bicyclic) bond motifs is 3. The first-order valence-electron chi connectivity index (χ1n) is 11.9. The molecule has 4 aromatic rings. The molecule has 0 unspecified atom stereocenters. The van der Waals surface area contributed by atoms with Crippen molar-refractivity contribution in [3.05, 3.63) is 69.7 Å². The van der Waals surface area contributed by atoms with Gasteiger partial charge in [0.25, 0.3) is 0 Å². The molecule has 0 radical (unpaired) electrons. The predicted octanol–water partition coefficient (Wildman–Crippen LogP) is 7.95. The van der Waals surface area contributed by atoms with Gasteiger partial charge < -0.3 is 15.2 Å². The number of benzene rings is 3. The monoisotopic (exact) mass is 477 g/mol. The number of hydrogen-bond donors (Lipinski definition) is 2. The predicted molar refractivity (Wildman–Crippen MR) is 141 cm³/mol. The SMILES string of the molecule is Cc1ccc(Nc2cc(CCN3CC4(CC(C)C4)C3)c3[nH]c4ccc(Cl)cc4c3c2)cc1Cl. The minimum absolute atomic E-state index is 0.640. The smallest absolute Gasteiger partial charge is 0.0499 e. The lowest BCUT2D eigenvalue weighted by Gasteiger charge is -2.59. The summed E-state index contributed by atoms with van der Waals surface area (Å²) < 4.78 is 0. The number of likely N-dealkylation sites (tertiary alicyclic amines) is 1. The van der Waals surface area contributed by atoms with Crippen LogP contribution in [0.2, 0.25) is 10.0 Å². The summed E-state index contributed by atoms with van der Waals surface area (Å²) in [7, 11) is 0. The van der Waals surface area contributed by atoms with Gasteiger partial charge in [0.15, 0.2) is 0 Å². The van der Waals surface area contributed by atoms with Crippen molar-refractivity contribution in [2.45, 2.75) is 33.1 Å². The maximum Gasteiger partial charge on any atom is 0.0499 e. The van der Waals surface area contributed by atoms with Crippen molar-refractivity contribution >= 4 is 56.4 Å². The molecule has 1 aliphatic heterocycles. The Kier molecular flexibility index (Phi) is 5.13. The van der Waals surface area contributed by atoms with Gasteiger partial charge in [0, 0.05) is 62.9 Å². The van der Waals surface area contributed by atoms with Gasteiger partial charge in [-0.05, 0) is 91.1 Å². The molecule has 0 atom stereocenters. The van der Waals surface area contributed by atoms with Crippen LogP contribution in [0, 0.1) is 18.3 Å². The summed E-state index contributed by atoms with van der Waals surface area (Å²) in [5, 5.41) is 7.48. The van der Waals surface area contributed by atoms with Crippen molar-refractivity contribution in [1.82, 2.24) is 9.88 Å². The maximum absolute atomic E-state index is 6.37. The van der Waals surface area contributed by atoms with Gasteiger partial charge in [0.05, 0.1) is 0 Å². The number of H-pyrrole nitrogens is 1. The summed E-state index contributed by atoms with van der Waals surface area (Å²) in [6.45, 7) is 8.04.